The number of aryl methyl sites for hydroxylation is 2. The monoisotopic (exact) mass is 485 g/mol. The van der Waals surface area contributed by atoms with Crippen LogP contribution in [0.4, 0.5) is 36.4 Å². The zero-order chi connectivity index (χ0) is 25.1. The van der Waals surface area contributed by atoms with Crippen molar-refractivity contribution in [3.8, 4) is 5.75 Å². The number of halogens is 7. The first kappa shape index (κ1) is 25.4. The lowest BCUT2D eigenvalue weighted by Gasteiger charge is -2.28. The highest BCUT2D eigenvalue weighted by Crippen LogP contribution is 2.51. The van der Waals surface area contributed by atoms with Crippen LogP contribution in [0.1, 0.15) is 27.8 Å². The summed E-state index contributed by atoms with van der Waals surface area (Å²) in [6.45, 7) is 4.21. The van der Waals surface area contributed by atoms with Gasteiger partial charge in [0.2, 0.25) is 0 Å². The van der Waals surface area contributed by atoms with Crippen LogP contribution in [0.3, 0.4) is 0 Å². The Labute approximate surface area is 192 Å². The van der Waals surface area contributed by atoms with Gasteiger partial charge < -0.3 is 10.1 Å². The van der Waals surface area contributed by atoms with E-state index in [1.807, 2.05) is 32.0 Å². The second-order valence-electron chi connectivity index (χ2n) is 8.01. The van der Waals surface area contributed by atoms with Crippen LogP contribution < -0.4 is 10.1 Å². The molecule has 0 spiro atoms. The number of anilines is 1. The van der Waals surface area contributed by atoms with E-state index in [1.54, 1.807) is 24.3 Å². The molecule has 0 radical (unpaired) electrons. The maximum Gasteiger partial charge on any atom is 0.460 e. The summed E-state index contributed by atoms with van der Waals surface area (Å²) in [4.78, 5) is 0. The smallest absolute Gasteiger partial charge is 0.460 e. The second kappa shape index (κ2) is 9.56. The molecule has 0 atom stereocenters. The van der Waals surface area contributed by atoms with E-state index in [9.17, 15) is 30.7 Å². The Balaban J connectivity index is 1.68. The van der Waals surface area contributed by atoms with Crippen LogP contribution in [-0.4, -0.2) is 12.1 Å². The van der Waals surface area contributed by atoms with E-state index >= 15 is 0 Å². The van der Waals surface area contributed by atoms with Crippen molar-refractivity contribution in [3.05, 3.63) is 94.5 Å². The molecular formula is C25H22F7NO. The fourth-order valence-corrected chi connectivity index (χ4v) is 3.45. The van der Waals surface area contributed by atoms with Crippen molar-refractivity contribution in [1.29, 1.82) is 0 Å². The first-order chi connectivity index (χ1) is 15.8. The minimum absolute atomic E-state index is 0.0813. The van der Waals surface area contributed by atoms with Crippen molar-refractivity contribution in [1.82, 2.24) is 0 Å². The van der Waals surface area contributed by atoms with Crippen molar-refractivity contribution in [2.75, 3.05) is 5.32 Å². The van der Waals surface area contributed by atoms with E-state index < -0.39 is 23.6 Å². The maximum atomic E-state index is 14.0. The minimum Gasteiger partial charge on any atom is -0.489 e. The molecule has 3 rings (SSSR count). The topological polar surface area (TPSA) is 21.3 Å². The molecule has 0 fully saturated rings. The third kappa shape index (κ3) is 5.63. The lowest BCUT2D eigenvalue weighted by molar-refractivity contribution is -0.359. The highest BCUT2D eigenvalue weighted by atomic mass is 19.4. The summed E-state index contributed by atoms with van der Waals surface area (Å²) in [6, 6.07) is 16.4. The second-order valence-corrected chi connectivity index (χ2v) is 8.01. The van der Waals surface area contributed by atoms with Crippen LogP contribution in [0.5, 0.6) is 5.75 Å². The van der Waals surface area contributed by atoms with E-state index in [-0.39, 0.29) is 12.1 Å². The number of nitrogens with one attached hydrogen (secondary N) is 1. The SMILES string of the molecule is Cc1cc(C)cc(COc2cccc(NCc3cccc(C(F)(F)C(F)(F)C(F)(F)F)c3)c2)c1. The molecule has 1 N–H and O–H groups in total. The van der Waals surface area contributed by atoms with Gasteiger partial charge in [0.25, 0.3) is 0 Å². The molecule has 0 aliphatic rings. The van der Waals surface area contributed by atoms with E-state index in [0.717, 1.165) is 22.8 Å². The lowest BCUT2D eigenvalue weighted by Crippen LogP contribution is -2.50. The summed E-state index contributed by atoms with van der Waals surface area (Å²) < 4.78 is 97.9. The van der Waals surface area contributed by atoms with Crippen LogP contribution >= 0.6 is 0 Å². The zero-order valence-corrected chi connectivity index (χ0v) is 18.3. The molecule has 3 aromatic rings. The Hall–Kier alpha value is -3.23. The van der Waals surface area contributed by atoms with Crippen LogP contribution in [-0.2, 0) is 19.1 Å². The maximum absolute atomic E-state index is 14.0. The summed E-state index contributed by atoms with van der Waals surface area (Å²) in [7, 11) is 0. The third-order valence-corrected chi connectivity index (χ3v) is 5.06. The van der Waals surface area contributed by atoms with Gasteiger partial charge in [0.05, 0.1) is 0 Å². The Bertz CT molecular complexity index is 1120. The molecule has 0 saturated heterocycles. The standard InChI is InChI=1S/C25H22F7NO/c1-16-9-17(2)11-19(10-16)15-34-22-8-4-7-21(13-22)33-14-18-5-3-6-20(12-18)23(26,27)24(28,29)25(30,31)32/h3-13,33H,14-15H2,1-2H3. The van der Waals surface area contributed by atoms with Gasteiger partial charge in [-0.2, -0.15) is 30.7 Å². The molecule has 2 nitrogen and oxygen atoms in total. The van der Waals surface area contributed by atoms with Crippen LogP contribution in [0.15, 0.2) is 66.7 Å². The highest BCUT2D eigenvalue weighted by molar-refractivity contribution is 5.49. The third-order valence-electron chi connectivity index (χ3n) is 5.06. The van der Waals surface area contributed by atoms with E-state index in [1.165, 1.54) is 6.07 Å². The number of ether oxygens (including phenoxy) is 1. The quantitative estimate of drug-likeness (QED) is 0.329. The molecule has 3 aromatic carbocycles. The van der Waals surface area contributed by atoms with Crippen LogP contribution in [0.25, 0.3) is 0 Å². The average molecular weight is 485 g/mol. The Morgan fingerprint density at radius 2 is 1.38 bits per heavy atom. The molecule has 0 heterocycles. The van der Waals surface area contributed by atoms with Gasteiger partial charge >= 0.3 is 18.0 Å². The molecule has 0 saturated carbocycles. The first-order valence-electron chi connectivity index (χ1n) is 10.3. The number of hydrogen-bond donors (Lipinski definition) is 1. The van der Waals surface area contributed by atoms with E-state index in [4.69, 9.17) is 4.74 Å². The predicted molar refractivity (Wildman–Crippen MR) is 115 cm³/mol. The van der Waals surface area contributed by atoms with Crippen molar-refractivity contribution < 1.29 is 35.5 Å². The summed E-state index contributed by atoms with van der Waals surface area (Å²) in [5, 5.41) is 2.93. The Morgan fingerprint density at radius 3 is 2.03 bits per heavy atom. The molecule has 0 aromatic heterocycles. The molecule has 0 bridgehead atoms. The highest BCUT2D eigenvalue weighted by Gasteiger charge is 2.73. The van der Waals surface area contributed by atoms with E-state index in [2.05, 4.69) is 5.32 Å². The largest absolute Gasteiger partial charge is 0.489 e. The fraction of sp³-hybridized carbons (Fsp3) is 0.280. The van der Waals surface area contributed by atoms with Gasteiger partial charge in [-0.25, -0.2) is 0 Å². The van der Waals surface area contributed by atoms with Crippen LogP contribution in [0, 0.1) is 13.8 Å². The predicted octanol–water partition coefficient (Wildman–Crippen LogP) is 7.78. The zero-order valence-electron chi connectivity index (χ0n) is 18.3. The molecule has 0 aliphatic carbocycles. The van der Waals surface area contributed by atoms with Gasteiger partial charge in [-0.05, 0) is 43.2 Å². The molecule has 182 valence electrons. The molecule has 0 amide bonds. The lowest BCUT2D eigenvalue weighted by atomic mass is 9.99. The summed E-state index contributed by atoms with van der Waals surface area (Å²) in [5.41, 5.74) is 2.45. The van der Waals surface area contributed by atoms with Gasteiger partial charge in [0, 0.05) is 23.9 Å². The fourth-order valence-electron chi connectivity index (χ4n) is 3.45. The molecule has 34 heavy (non-hydrogen) atoms. The van der Waals surface area contributed by atoms with Crippen molar-refractivity contribution in [2.24, 2.45) is 0 Å². The summed E-state index contributed by atoms with van der Waals surface area (Å²) in [6.07, 6.45) is -6.39. The van der Waals surface area contributed by atoms with Gasteiger partial charge in [-0.1, -0.05) is 53.6 Å². The normalized spacial score (nSPS) is 12.5. The van der Waals surface area contributed by atoms with Crippen molar-refractivity contribution in [3.63, 3.8) is 0 Å². The first-order valence-corrected chi connectivity index (χ1v) is 10.3. The van der Waals surface area contributed by atoms with Crippen molar-refractivity contribution >= 4 is 5.69 Å². The Morgan fingerprint density at radius 1 is 0.735 bits per heavy atom. The van der Waals surface area contributed by atoms with Gasteiger partial charge in [0.15, 0.2) is 0 Å². The van der Waals surface area contributed by atoms with Crippen molar-refractivity contribution in [2.45, 2.75) is 45.0 Å². The summed E-state index contributed by atoms with van der Waals surface area (Å²) >= 11 is 0. The molecule has 0 aliphatic heterocycles. The molecule has 0 unspecified atom stereocenters. The number of alkyl halides is 7. The van der Waals surface area contributed by atoms with Gasteiger partial charge in [-0.15, -0.1) is 0 Å². The number of rotatable bonds is 8. The van der Waals surface area contributed by atoms with Gasteiger partial charge in [0.1, 0.15) is 12.4 Å². The van der Waals surface area contributed by atoms with E-state index in [0.29, 0.717) is 30.2 Å². The average Bonchev–Trinajstić information content (AvgIpc) is 2.75. The summed E-state index contributed by atoms with van der Waals surface area (Å²) in [5.74, 6) is -11.1. The minimum atomic E-state index is -6.39. The Kier molecular flexibility index (Phi) is 7.14. The number of benzene rings is 3. The number of hydrogen-bond acceptors (Lipinski definition) is 2. The van der Waals surface area contributed by atoms with Gasteiger partial charge in [-0.3, -0.25) is 0 Å². The molecular weight excluding hydrogens is 463 g/mol. The molecule has 9 heteroatoms. The van der Waals surface area contributed by atoms with Crippen LogP contribution in [0.2, 0.25) is 0 Å².